The zero-order valence-electron chi connectivity index (χ0n) is 69.1. The van der Waals surface area contributed by atoms with Gasteiger partial charge in [-0.3, -0.25) is 23.7 Å². The summed E-state index contributed by atoms with van der Waals surface area (Å²) in [4.78, 5) is 60.0. The molecule has 2 saturated carbocycles. The van der Waals surface area contributed by atoms with Crippen molar-refractivity contribution in [3.8, 4) is 23.0 Å². The Balaban J connectivity index is 0.000000223. The van der Waals surface area contributed by atoms with Crippen molar-refractivity contribution < 1.29 is 56.6 Å². The highest BCUT2D eigenvalue weighted by Gasteiger charge is 2.31. The largest absolute Gasteiger partial charge is 0.508 e. The number of rotatable bonds is 27. The number of phenols is 1. The summed E-state index contributed by atoms with van der Waals surface area (Å²) >= 11 is 0. The Hall–Kier alpha value is -9.37. The third-order valence-electron chi connectivity index (χ3n) is 21.9. The van der Waals surface area contributed by atoms with E-state index >= 15 is 0 Å². The van der Waals surface area contributed by atoms with Gasteiger partial charge in [0.05, 0.1) is 71.4 Å². The lowest BCUT2D eigenvalue weighted by Crippen LogP contribution is -2.39. The molecular weight excluding hydrogens is 1450 g/mol. The van der Waals surface area contributed by atoms with Crippen LogP contribution in [0.5, 0.6) is 23.0 Å². The van der Waals surface area contributed by atoms with E-state index in [1.807, 2.05) is 153 Å². The SMILES string of the molecule is C.CNC(CN1CCCC1)c1cccc(OC)c1.COc1cccc(C(CC2CCCC2)N(C)C(=O)Cc2ccc(C)cc2)c1.COc1cccc(C(CN2CCCC2)N(C)C(=O)Cc2ccc(C)cc2)c1.CS(=O)(=O)O.Cc1ccc(CC(=O)N(C)C(CC2CCCC2)c2cccc(O)c2)cc1.Cc1ccc(CC(=O)O)cc1. The Morgan fingerprint density at radius 3 is 1.05 bits per heavy atom. The van der Waals surface area contributed by atoms with Crippen molar-refractivity contribution in [3.63, 3.8) is 0 Å². The van der Waals surface area contributed by atoms with E-state index in [-0.39, 0.29) is 55.4 Å². The first-order chi connectivity index (χ1) is 54.2. The fourth-order valence-electron chi connectivity index (χ4n) is 15.1. The molecule has 3 amide bonds. The van der Waals surface area contributed by atoms with E-state index in [1.54, 1.807) is 33.5 Å². The number of likely N-dealkylation sites (N-methyl/N-ethyl adjacent to an activating group) is 4. The van der Waals surface area contributed by atoms with Crippen molar-refractivity contribution in [2.45, 2.75) is 175 Å². The minimum absolute atomic E-state index is 0. The van der Waals surface area contributed by atoms with Gasteiger partial charge in [-0.15, -0.1) is 0 Å². The topological polar surface area (TPSA) is 219 Å². The number of carbonyl (C=O) groups is 4. The van der Waals surface area contributed by atoms with Crippen molar-refractivity contribution in [1.82, 2.24) is 29.8 Å². The minimum atomic E-state index is -3.67. The van der Waals surface area contributed by atoms with Gasteiger partial charge in [0.2, 0.25) is 17.7 Å². The van der Waals surface area contributed by atoms with Gasteiger partial charge in [-0.25, -0.2) is 0 Å². The number of carboxylic acid groups (broad SMARTS) is 1. The van der Waals surface area contributed by atoms with Crippen LogP contribution in [0.15, 0.2) is 194 Å². The van der Waals surface area contributed by atoms with E-state index in [9.17, 15) is 32.7 Å². The highest BCUT2D eigenvalue weighted by atomic mass is 32.2. The van der Waals surface area contributed by atoms with Crippen molar-refractivity contribution >= 4 is 33.8 Å². The Morgan fingerprint density at radius 2 is 0.728 bits per heavy atom. The zero-order chi connectivity index (χ0) is 81.8. The van der Waals surface area contributed by atoms with Crippen LogP contribution in [0.4, 0.5) is 0 Å². The maximum atomic E-state index is 13.0. The number of likely N-dealkylation sites (tertiary alicyclic amines) is 2. The molecule has 4 fully saturated rings. The summed E-state index contributed by atoms with van der Waals surface area (Å²) < 4.78 is 42.0. The number of nitrogens with zero attached hydrogens (tertiary/aromatic N) is 5. The van der Waals surface area contributed by atoms with E-state index in [0.29, 0.717) is 43.4 Å². The van der Waals surface area contributed by atoms with E-state index in [1.165, 1.54) is 118 Å². The maximum Gasteiger partial charge on any atom is 0.307 e. The molecule has 2 heterocycles. The molecule has 114 heavy (non-hydrogen) atoms. The first-order valence-corrected chi connectivity index (χ1v) is 42.0. The molecule has 0 bridgehead atoms. The molecular formula is C95H130N6O12S. The molecule has 4 atom stereocenters. The van der Waals surface area contributed by atoms with Crippen molar-refractivity contribution in [2.24, 2.45) is 11.8 Å². The number of benzene rings is 8. The van der Waals surface area contributed by atoms with E-state index in [4.69, 9.17) is 23.9 Å². The van der Waals surface area contributed by atoms with E-state index in [2.05, 4.69) is 115 Å². The quantitative estimate of drug-likeness (QED) is 0.0352. The molecule has 8 aromatic rings. The van der Waals surface area contributed by atoms with Crippen LogP contribution in [-0.4, -0.2) is 166 Å². The number of carboxylic acids is 1. The van der Waals surface area contributed by atoms with E-state index < -0.39 is 16.1 Å². The van der Waals surface area contributed by atoms with Gasteiger partial charge in [0.1, 0.15) is 23.0 Å². The van der Waals surface area contributed by atoms with Gasteiger partial charge >= 0.3 is 5.97 Å². The van der Waals surface area contributed by atoms with Crippen LogP contribution in [-0.2, 0) is 55.0 Å². The first kappa shape index (κ1) is 93.5. The summed E-state index contributed by atoms with van der Waals surface area (Å²) in [6.45, 7) is 14.8. The van der Waals surface area contributed by atoms with Crippen LogP contribution < -0.4 is 19.5 Å². The standard InChI is InChI=1S/C24H31NO2.C23H30N2O2.C23H29NO2.C14H22N2O.C9H10O2.CH4O3S.CH4/c1-18-11-13-20(14-12-18)16-24(26)25(2)23(15-19-7-4-5-8-19)21-9-6-10-22(17-21)27-3;1-18-9-11-19(12-10-18)15-23(26)24(2)22(17-25-13-4-5-14-25)20-7-6-8-21(16-20)27-3;1-17-10-12-19(13-11-17)15-23(26)24(2)22(14-18-6-3-4-7-18)20-8-5-9-21(25)16-20;1-15-14(11-16-8-3-4-9-16)12-6-5-7-13(10-12)17-2;1-7-2-4-8(5-3-7)6-9(10)11;1-5(2,3)4;/h6,9-14,17,19,23H,4-5,7-8,15-16H2,1-3H3;6-12,16,22H,4-5,13-15,17H2,1-3H3;5,8-13,16,18,22,25H,3-4,6-7,14-15H2,1-2H3;5-7,10,14-15H,3-4,8-9,11H2,1-2H3;2-5H,6H2,1H3,(H,10,11);1H3,(H,2,3,4);1H4. The van der Waals surface area contributed by atoms with Crippen LogP contribution in [0, 0.1) is 39.5 Å². The minimum Gasteiger partial charge on any atom is -0.508 e. The summed E-state index contributed by atoms with van der Waals surface area (Å²) in [5.74, 6) is 3.90. The van der Waals surface area contributed by atoms with Gasteiger partial charge in [-0.2, -0.15) is 8.42 Å². The third kappa shape index (κ3) is 33.2. The second kappa shape index (κ2) is 48.8. The second-order valence-electron chi connectivity index (χ2n) is 30.9. The smallest absolute Gasteiger partial charge is 0.307 e. The predicted octanol–water partition coefficient (Wildman–Crippen LogP) is 18.0. The van der Waals surface area contributed by atoms with Gasteiger partial charge in [0.15, 0.2) is 0 Å². The van der Waals surface area contributed by atoms with Gasteiger partial charge < -0.3 is 54.2 Å². The summed E-state index contributed by atoms with van der Waals surface area (Å²) in [6, 6.07) is 64.7. The molecule has 0 radical (unpaired) electrons. The van der Waals surface area contributed by atoms with Crippen LogP contribution in [0.3, 0.4) is 0 Å². The Morgan fingerprint density at radius 1 is 0.439 bits per heavy atom. The number of aryl methyl sites for hydroxylation is 4. The number of methoxy groups -OCH3 is 3. The van der Waals surface area contributed by atoms with Crippen LogP contribution in [0.2, 0.25) is 0 Å². The molecule has 12 rings (SSSR count). The number of carbonyl (C=O) groups excluding carboxylic acids is 3. The van der Waals surface area contributed by atoms with Crippen LogP contribution >= 0.6 is 0 Å². The van der Waals surface area contributed by atoms with Crippen molar-refractivity contribution in [2.75, 3.05) is 95.0 Å². The van der Waals surface area contributed by atoms with Crippen LogP contribution in [0.25, 0.3) is 0 Å². The Bertz CT molecular complexity index is 4130. The number of hydrogen-bond acceptors (Lipinski definition) is 13. The van der Waals surface area contributed by atoms with Gasteiger partial charge in [0, 0.05) is 40.3 Å². The molecule has 0 aromatic heterocycles. The zero-order valence-corrected chi connectivity index (χ0v) is 69.9. The number of ether oxygens (including phenoxy) is 3. The summed E-state index contributed by atoms with van der Waals surface area (Å²) in [5, 5.41) is 21.7. The molecule has 4 aliphatic rings. The number of aromatic hydroxyl groups is 1. The number of aliphatic carboxylic acids is 1. The summed E-state index contributed by atoms with van der Waals surface area (Å²) in [5.41, 5.74) is 13.4. The molecule has 2 aliphatic heterocycles. The number of amides is 3. The van der Waals surface area contributed by atoms with Crippen molar-refractivity contribution in [3.05, 3.63) is 261 Å². The molecule has 2 saturated heterocycles. The molecule has 2 aliphatic carbocycles. The fourth-order valence-corrected chi connectivity index (χ4v) is 15.1. The van der Waals surface area contributed by atoms with Gasteiger partial charge in [-0.1, -0.05) is 227 Å². The lowest BCUT2D eigenvalue weighted by Gasteiger charge is -2.32. The molecule has 4 unspecified atom stereocenters. The van der Waals surface area contributed by atoms with Crippen LogP contribution in [0.1, 0.15) is 188 Å². The maximum absolute atomic E-state index is 13.0. The summed E-state index contributed by atoms with van der Waals surface area (Å²) in [6.07, 6.45) is 19.5. The van der Waals surface area contributed by atoms with Gasteiger partial charge in [-0.05, 0) is 204 Å². The molecule has 8 aromatic carbocycles. The van der Waals surface area contributed by atoms with Gasteiger partial charge in [0.25, 0.3) is 10.1 Å². The first-order valence-electron chi connectivity index (χ1n) is 40.1. The normalized spacial score (nSPS) is 15.1. The Kier molecular flexibility index (Phi) is 40.0. The number of hydrogen-bond donors (Lipinski definition) is 4. The lowest BCUT2D eigenvalue weighted by atomic mass is 9.92. The molecule has 4 N–H and O–H groups in total. The number of phenolic OH excluding ortho intramolecular Hbond substituents is 1. The highest BCUT2D eigenvalue weighted by Crippen LogP contribution is 2.39. The van der Waals surface area contributed by atoms with E-state index in [0.717, 1.165) is 95.2 Å². The third-order valence-corrected chi connectivity index (χ3v) is 21.9. The lowest BCUT2D eigenvalue weighted by molar-refractivity contribution is -0.136. The average molecular weight is 1580 g/mol. The summed E-state index contributed by atoms with van der Waals surface area (Å²) in [7, 11) is 9.24. The molecule has 0 spiro atoms. The van der Waals surface area contributed by atoms with Crippen molar-refractivity contribution in [1.29, 1.82) is 0 Å². The average Bonchev–Trinajstić information content (AvgIpc) is 1.24. The highest BCUT2D eigenvalue weighted by molar-refractivity contribution is 7.85. The monoisotopic (exact) mass is 1580 g/mol. The predicted molar refractivity (Wildman–Crippen MR) is 461 cm³/mol. The molecule has 18 nitrogen and oxygen atoms in total. The second-order valence-corrected chi connectivity index (χ2v) is 32.4. The Labute approximate surface area is 682 Å². The molecule has 19 heteroatoms. The molecule has 618 valence electrons. The number of nitrogens with one attached hydrogen (secondary N) is 1. The fraction of sp³-hybridized carbons (Fsp3) is 0.453.